The predicted molar refractivity (Wildman–Crippen MR) is 108 cm³/mol. The van der Waals surface area contributed by atoms with Gasteiger partial charge in [0.15, 0.2) is 0 Å². The molecule has 3 rings (SSSR count). The van der Waals surface area contributed by atoms with E-state index < -0.39 is 10.0 Å². The minimum Gasteiger partial charge on any atom is -0.339 e. The van der Waals surface area contributed by atoms with Crippen LogP contribution in [0.25, 0.3) is 11.3 Å². The highest BCUT2D eigenvalue weighted by atomic mass is 32.2. The van der Waals surface area contributed by atoms with Gasteiger partial charge in [-0.15, -0.1) is 0 Å². The molecule has 0 saturated carbocycles. The second-order valence-corrected chi connectivity index (χ2v) is 9.89. The molecule has 0 unspecified atom stereocenters. The third kappa shape index (κ3) is 5.07. The molecule has 2 heterocycles. The summed E-state index contributed by atoms with van der Waals surface area (Å²) in [4.78, 5) is 14.2. The van der Waals surface area contributed by atoms with Gasteiger partial charge in [0.2, 0.25) is 15.9 Å². The minimum absolute atomic E-state index is 0.0734. The van der Waals surface area contributed by atoms with Crippen LogP contribution in [0.2, 0.25) is 0 Å². The second kappa shape index (κ2) is 9.29. The Labute approximate surface area is 172 Å². The van der Waals surface area contributed by atoms with E-state index in [0.29, 0.717) is 48.9 Å². The van der Waals surface area contributed by atoms with Crippen molar-refractivity contribution in [3.05, 3.63) is 30.1 Å². The van der Waals surface area contributed by atoms with Gasteiger partial charge in [-0.3, -0.25) is 4.79 Å². The lowest BCUT2D eigenvalue weighted by atomic mass is 10.2. The first kappa shape index (κ1) is 21.2. The number of halogens is 1. The molecule has 0 N–H and O–H groups in total. The standard InChI is InChI=1S/C17H21FN4O3S3/c1-2-10-28(24,25)22-8-6-21(7-9-22)15(23)12-26-17-16(19-27-20-17)13-4-3-5-14(18)11-13/h3-5,11H,2,6-10,12H2,1H3. The smallest absolute Gasteiger partial charge is 0.233 e. The number of thioether (sulfide) groups is 1. The number of piperazine rings is 1. The fourth-order valence-electron chi connectivity index (χ4n) is 2.91. The Balaban J connectivity index is 1.56. The van der Waals surface area contributed by atoms with Gasteiger partial charge in [0.25, 0.3) is 0 Å². The quantitative estimate of drug-likeness (QED) is 0.610. The van der Waals surface area contributed by atoms with Gasteiger partial charge < -0.3 is 4.90 Å². The zero-order chi connectivity index (χ0) is 20.1. The van der Waals surface area contributed by atoms with Crippen molar-refractivity contribution in [3.63, 3.8) is 0 Å². The molecule has 0 bridgehead atoms. The average molecular weight is 445 g/mol. The van der Waals surface area contributed by atoms with Gasteiger partial charge in [-0.05, 0) is 18.6 Å². The number of amides is 1. The molecule has 7 nitrogen and oxygen atoms in total. The Morgan fingerprint density at radius 3 is 2.68 bits per heavy atom. The van der Waals surface area contributed by atoms with E-state index in [1.807, 2.05) is 6.92 Å². The molecule has 0 spiro atoms. The number of sulfonamides is 1. The number of benzene rings is 1. The van der Waals surface area contributed by atoms with Crippen molar-refractivity contribution in [2.45, 2.75) is 18.4 Å². The van der Waals surface area contributed by atoms with Gasteiger partial charge in [0, 0.05) is 31.7 Å². The van der Waals surface area contributed by atoms with Crippen molar-refractivity contribution in [1.29, 1.82) is 0 Å². The van der Waals surface area contributed by atoms with Crippen LogP contribution in [0.5, 0.6) is 0 Å². The highest BCUT2D eigenvalue weighted by Gasteiger charge is 2.28. The van der Waals surface area contributed by atoms with Crippen LogP contribution in [0.4, 0.5) is 4.39 Å². The normalized spacial score (nSPS) is 15.7. The molecule has 0 aliphatic carbocycles. The van der Waals surface area contributed by atoms with Gasteiger partial charge in [0.05, 0.1) is 23.2 Å². The summed E-state index contributed by atoms with van der Waals surface area (Å²) in [5, 5.41) is 0.591. The van der Waals surface area contributed by atoms with Crippen LogP contribution in [0.15, 0.2) is 29.3 Å². The molecule has 1 aromatic carbocycles. The number of rotatable bonds is 7. The highest BCUT2D eigenvalue weighted by molar-refractivity contribution is 8.00. The van der Waals surface area contributed by atoms with Crippen molar-refractivity contribution in [3.8, 4) is 11.3 Å². The molecule has 1 saturated heterocycles. The summed E-state index contributed by atoms with van der Waals surface area (Å²) >= 11 is 2.28. The molecule has 28 heavy (non-hydrogen) atoms. The molecule has 1 aromatic heterocycles. The first-order valence-electron chi connectivity index (χ1n) is 8.87. The molecule has 152 valence electrons. The molecule has 0 radical (unpaired) electrons. The fourth-order valence-corrected chi connectivity index (χ4v) is 5.99. The summed E-state index contributed by atoms with van der Waals surface area (Å²) < 4.78 is 47.6. The van der Waals surface area contributed by atoms with Crippen LogP contribution in [0.3, 0.4) is 0 Å². The molecular formula is C17H21FN4O3S3. The summed E-state index contributed by atoms with van der Waals surface area (Å²) in [7, 11) is -3.23. The maximum absolute atomic E-state index is 13.5. The van der Waals surface area contributed by atoms with E-state index in [1.54, 1.807) is 17.0 Å². The maximum Gasteiger partial charge on any atom is 0.233 e. The Morgan fingerprint density at radius 1 is 1.25 bits per heavy atom. The van der Waals surface area contributed by atoms with Crippen molar-refractivity contribution >= 4 is 39.4 Å². The number of aromatic nitrogens is 2. The predicted octanol–water partition coefficient (Wildman–Crippen LogP) is 2.32. The zero-order valence-corrected chi connectivity index (χ0v) is 17.8. The Kier molecular flexibility index (Phi) is 7.02. The van der Waals surface area contributed by atoms with Crippen molar-refractivity contribution in [2.24, 2.45) is 0 Å². The first-order chi connectivity index (χ1) is 13.4. The molecular weight excluding hydrogens is 423 g/mol. The van der Waals surface area contributed by atoms with Gasteiger partial charge in [-0.2, -0.15) is 13.1 Å². The second-order valence-electron chi connectivity index (χ2n) is 6.31. The Bertz CT molecular complexity index is 927. The molecule has 1 amide bonds. The van der Waals surface area contributed by atoms with Gasteiger partial charge in [-0.1, -0.05) is 30.8 Å². The Hall–Kier alpha value is -1.56. The van der Waals surface area contributed by atoms with Crippen LogP contribution in [0, 0.1) is 5.82 Å². The number of hydrogen-bond donors (Lipinski definition) is 0. The van der Waals surface area contributed by atoms with Crippen molar-refractivity contribution in [2.75, 3.05) is 37.7 Å². The highest BCUT2D eigenvalue weighted by Crippen LogP contribution is 2.30. The molecule has 2 aromatic rings. The topological polar surface area (TPSA) is 83.5 Å². The van der Waals surface area contributed by atoms with E-state index in [9.17, 15) is 17.6 Å². The van der Waals surface area contributed by atoms with Crippen LogP contribution < -0.4 is 0 Å². The van der Waals surface area contributed by atoms with Crippen LogP contribution in [-0.2, 0) is 14.8 Å². The van der Waals surface area contributed by atoms with E-state index in [1.165, 1.54) is 28.2 Å². The average Bonchev–Trinajstić information content (AvgIpc) is 3.15. The van der Waals surface area contributed by atoms with Gasteiger partial charge in [0.1, 0.15) is 16.5 Å². The number of nitrogens with zero attached hydrogens (tertiary/aromatic N) is 4. The largest absolute Gasteiger partial charge is 0.339 e. The van der Waals surface area contributed by atoms with Crippen molar-refractivity contribution in [1.82, 2.24) is 18.0 Å². The van der Waals surface area contributed by atoms with Gasteiger partial charge >= 0.3 is 0 Å². The third-order valence-electron chi connectivity index (χ3n) is 4.34. The molecule has 1 fully saturated rings. The van der Waals surface area contributed by atoms with Crippen LogP contribution in [0.1, 0.15) is 13.3 Å². The molecule has 1 aliphatic heterocycles. The number of carbonyl (C=O) groups excluding carboxylic acids is 1. The fraction of sp³-hybridized carbons (Fsp3) is 0.471. The first-order valence-corrected chi connectivity index (χ1v) is 12.2. The lowest BCUT2D eigenvalue weighted by molar-refractivity contribution is -0.129. The van der Waals surface area contributed by atoms with E-state index in [4.69, 9.17) is 0 Å². The Morgan fingerprint density at radius 2 is 2.00 bits per heavy atom. The van der Waals surface area contributed by atoms with Gasteiger partial charge in [-0.25, -0.2) is 12.8 Å². The SMILES string of the molecule is CCCS(=O)(=O)N1CCN(C(=O)CSc2nsnc2-c2cccc(F)c2)CC1. The maximum atomic E-state index is 13.5. The summed E-state index contributed by atoms with van der Waals surface area (Å²) in [6.45, 7) is 3.25. The monoisotopic (exact) mass is 444 g/mol. The summed E-state index contributed by atoms with van der Waals surface area (Å²) in [5.41, 5.74) is 1.19. The minimum atomic E-state index is -3.23. The summed E-state index contributed by atoms with van der Waals surface area (Å²) in [5.74, 6) is -0.115. The zero-order valence-electron chi connectivity index (χ0n) is 15.4. The summed E-state index contributed by atoms with van der Waals surface area (Å²) in [6, 6.07) is 6.11. The molecule has 11 heteroatoms. The van der Waals surface area contributed by atoms with E-state index in [-0.39, 0.29) is 23.2 Å². The number of carbonyl (C=O) groups is 1. The third-order valence-corrected chi connectivity index (χ3v) is 8.01. The lowest BCUT2D eigenvalue weighted by Crippen LogP contribution is -2.51. The molecule has 1 aliphatic rings. The molecule has 0 atom stereocenters. The van der Waals surface area contributed by atoms with Crippen molar-refractivity contribution < 1.29 is 17.6 Å². The van der Waals surface area contributed by atoms with E-state index >= 15 is 0 Å². The summed E-state index contributed by atoms with van der Waals surface area (Å²) in [6.07, 6.45) is 0.577. The van der Waals surface area contributed by atoms with E-state index in [0.717, 1.165) is 11.7 Å². The lowest BCUT2D eigenvalue weighted by Gasteiger charge is -2.34. The number of hydrogen-bond acceptors (Lipinski definition) is 7. The van der Waals surface area contributed by atoms with E-state index in [2.05, 4.69) is 8.75 Å². The van der Waals surface area contributed by atoms with Crippen LogP contribution in [-0.4, -0.2) is 70.0 Å². The van der Waals surface area contributed by atoms with Crippen LogP contribution >= 0.6 is 23.5 Å².